The summed E-state index contributed by atoms with van der Waals surface area (Å²) in [5.74, 6) is 0.782. The molecule has 0 radical (unpaired) electrons. The molecule has 0 amide bonds. The van der Waals surface area contributed by atoms with E-state index in [0.717, 1.165) is 12.5 Å². The summed E-state index contributed by atoms with van der Waals surface area (Å²) in [6.07, 6.45) is 6.21. The largest absolute Gasteiger partial charge is 0.379 e. The third-order valence-electron chi connectivity index (χ3n) is 4.06. The summed E-state index contributed by atoms with van der Waals surface area (Å²) in [4.78, 5) is 0. The molecule has 2 heteroatoms. The van der Waals surface area contributed by atoms with Gasteiger partial charge in [-0.05, 0) is 52.0 Å². The van der Waals surface area contributed by atoms with Gasteiger partial charge in [-0.3, -0.25) is 0 Å². The van der Waals surface area contributed by atoms with Gasteiger partial charge in [-0.15, -0.1) is 0 Å². The molecule has 15 heavy (non-hydrogen) atoms. The summed E-state index contributed by atoms with van der Waals surface area (Å²) < 4.78 is 5.64. The second kappa shape index (κ2) is 5.86. The van der Waals surface area contributed by atoms with E-state index in [1.54, 1.807) is 0 Å². The fourth-order valence-electron chi connectivity index (χ4n) is 2.37. The van der Waals surface area contributed by atoms with Crippen molar-refractivity contribution in [2.24, 2.45) is 5.92 Å². The predicted octanol–water partition coefficient (Wildman–Crippen LogP) is 2.97. The van der Waals surface area contributed by atoms with Crippen molar-refractivity contribution in [2.75, 3.05) is 13.7 Å². The van der Waals surface area contributed by atoms with Crippen molar-refractivity contribution in [1.82, 2.24) is 5.32 Å². The Kier molecular flexibility index (Phi) is 5.07. The van der Waals surface area contributed by atoms with Crippen molar-refractivity contribution < 1.29 is 4.74 Å². The van der Waals surface area contributed by atoms with Crippen LogP contribution >= 0.6 is 0 Å². The number of nitrogens with one attached hydrogen (secondary N) is 1. The minimum absolute atomic E-state index is 0.113. The molecule has 0 spiro atoms. The maximum absolute atomic E-state index is 5.64. The molecule has 1 heterocycles. The second-order valence-corrected chi connectivity index (χ2v) is 5.37. The lowest BCUT2D eigenvalue weighted by molar-refractivity contribution is -0.0136. The molecule has 1 fully saturated rings. The molecule has 0 aromatic rings. The lowest BCUT2D eigenvalue weighted by atomic mass is 9.88. The van der Waals surface area contributed by atoms with Crippen molar-refractivity contribution in [1.29, 1.82) is 0 Å². The van der Waals surface area contributed by atoms with Crippen LogP contribution in [0.5, 0.6) is 0 Å². The lowest BCUT2D eigenvalue weighted by Gasteiger charge is -2.31. The van der Waals surface area contributed by atoms with Crippen LogP contribution in [0.3, 0.4) is 0 Å². The van der Waals surface area contributed by atoms with Crippen molar-refractivity contribution in [3.05, 3.63) is 0 Å². The molecule has 0 saturated carbocycles. The molecule has 0 aliphatic carbocycles. The minimum atomic E-state index is 0.113. The van der Waals surface area contributed by atoms with Gasteiger partial charge in [-0.25, -0.2) is 0 Å². The zero-order chi connectivity index (χ0) is 11.3. The van der Waals surface area contributed by atoms with Crippen LogP contribution in [-0.2, 0) is 4.74 Å². The average Bonchev–Trinajstić information content (AvgIpc) is 2.23. The van der Waals surface area contributed by atoms with Gasteiger partial charge in [0.1, 0.15) is 0 Å². The highest BCUT2D eigenvalue weighted by atomic mass is 16.5. The summed E-state index contributed by atoms with van der Waals surface area (Å²) in [6.45, 7) is 8.04. The zero-order valence-electron chi connectivity index (χ0n) is 10.8. The van der Waals surface area contributed by atoms with Crippen LogP contribution in [-0.4, -0.2) is 25.3 Å². The van der Waals surface area contributed by atoms with E-state index in [2.05, 4.69) is 26.1 Å². The molecule has 1 unspecified atom stereocenters. The van der Waals surface area contributed by atoms with E-state index < -0.39 is 0 Å². The van der Waals surface area contributed by atoms with Crippen LogP contribution in [0.2, 0.25) is 0 Å². The van der Waals surface area contributed by atoms with Crippen molar-refractivity contribution >= 4 is 0 Å². The van der Waals surface area contributed by atoms with Gasteiger partial charge in [-0.1, -0.05) is 13.3 Å². The van der Waals surface area contributed by atoms with E-state index in [1.807, 2.05) is 7.11 Å². The SMILES string of the molecule is COC1(C)CCCN[C@@H](C)[C@@H](C)CCC1. The van der Waals surface area contributed by atoms with Crippen molar-refractivity contribution in [3.63, 3.8) is 0 Å². The fraction of sp³-hybridized carbons (Fsp3) is 1.00. The standard InChI is InChI=1S/C13H27NO/c1-11-7-5-8-13(3,15-4)9-6-10-14-12(11)2/h11-12,14H,5-10H2,1-4H3/t11-,12-,13?/m0/s1. The van der Waals surface area contributed by atoms with Gasteiger partial charge < -0.3 is 10.1 Å². The average molecular weight is 213 g/mol. The van der Waals surface area contributed by atoms with Crippen molar-refractivity contribution in [2.45, 2.75) is 64.5 Å². The molecule has 1 rings (SSSR count). The van der Waals surface area contributed by atoms with Crippen LogP contribution in [0.15, 0.2) is 0 Å². The third kappa shape index (κ3) is 4.12. The van der Waals surface area contributed by atoms with E-state index >= 15 is 0 Å². The van der Waals surface area contributed by atoms with Crippen LogP contribution in [0.1, 0.15) is 52.9 Å². The summed E-state index contributed by atoms with van der Waals surface area (Å²) in [5, 5.41) is 3.61. The fourth-order valence-corrected chi connectivity index (χ4v) is 2.37. The van der Waals surface area contributed by atoms with Gasteiger partial charge in [-0.2, -0.15) is 0 Å². The monoisotopic (exact) mass is 213 g/mol. The molecule has 2 nitrogen and oxygen atoms in total. The molecule has 3 atom stereocenters. The Balaban J connectivity index is 2.48. The minimum Gasteiger partial charge on any atom is -0.379 e. The summed E-state index contributed by atoms with van der Waals surface area (Å²) >= 11 is 0. The topological polar surface area (TPSA) is 21.3 Å². The molecule has 0 bridgehead atoms. The summed E-state index contributed by atoms with van der Waals surface area (Å²) in [5.41, 5.74) is 0.113. The summed E-state index contributed by atoms with van der Waals surface area (Å²) in [6, 6.07) is 0.664. The van der Waals surface area contributed by atoms with Gasteiger partial charge >= 0.3 is 0 Å². The van der Waals surface area contributed by atoms with E-state index in [-0.39, 0.29) is 5.60 Å². The first-order chi connectivity index (χ1) is 7.07. The van der Waals surface area contributed by atoms with Crippen LogP contribution < -0.4 is 5.32 Å². The molecular weight excluding hydrogens is 186 g/mol. The van der Waals surface area contributed by atoms with Crippen molar-refractivity contribution in [3.8, 4) is 0 Å². The van der Waals surface area contributed by atoms with E-state index in [9.17, 15) is 0 Å². The van der Waals surface area contributed by atoms with E-state index in [0.29, 0.717) is 6.04 Å². The Labute approximate surface area is 94.8 Å². The van der Waals surface area contributed by atoms with Gasteiger partial charge in [0.2, 0.25) is 0 Å². The van der Waals surface area contributed by atoms with Gasteiger partial charge in [0.05, 0.1) is 5.60 Å². The Morgan fingerprint density at radius 2 is 1.87 bits per heavy atom. The molecular formula is C13H27NO. The Bertz CT molecular complexity index is 183. The van der Waals surface area contributed by atoms with Gasteiger partial charge in [0.15, 0.2) is 0 Å². The molecule has 90 valence electrons. The lowest BCUT2D eigenvalue weighted by Crippen LogP contribution is -2.36. The number of hydrogen-bond donors (Lipinski definition) is 1. The smallest absolute Gasteiger partial charge is 0.0651 e. The first kappa shape index (κ1) is 13.0. The normalized spacial score (nSPS) is 40.0. The summed E-state index contributed by atoms with van der Waals surface area (Å²) in [7, 11) is 1.85. The molecule has 1 aliphatic heterocycles. The first-order valence-electron chi connectivity index (χ1n) is 6.36. The first-order valence-corrected chi connectivity index (χ1v) is 6.36. The van der Waals surface area contributed by atoms with E-state index in [4.69, 9.17) is 4.74 Å². The zero-order valence-corrected chi connectivity index (χ0v) is 10.8. The highest BCUT2D eigenvalue weighted by molar-refractivity contribution is 4.79. The Hall–Kier alpha value is -0.0800. The Morgan fingerprint density at radius 1 is 1.20 bits per heavy atom. The van der Waals surface area contributed by atoms with Gasteiger partial charge in [0, 0.05) is 13.2 Å². The van der Waals surface area contributed by atoms with Crippen LogP contribution in [0.4, 0.5) is 0 Å². The maximum atomic E-state index is 5.64. The second-order valence-electron chi connectivity index (χ2n) is 5.37. The molecule has 0 aromatic heterocycles. The predicted molar refractivity (Wildman–Crippen MR) is 65.1 cm³/mol. The highest BCUT2D eigenvalue weighted by Gasteiger charge is 2.24. The highest BCUT2D eigenvalue weighted by Crippen LogP contribution is 2.26. The van der Waals surface area contributed by atoms with E-state index in [1.165, 1.54) is 32.1 Å². The maximum Gasteiger partial charge on any atom is 0.0651 e. The van der Waals surface area contributed by atoms with Gasteiger partial charge in [0.25, 0.3) is 0 Å². The molecule has 1 saturated heterocycles. The molecule has 0 aromatic carbocycles. The Morgan fingerprint density at radius 3 is 2.53 bits per heavy atom. The van der Waals surface area contributed by atoms with Crippen LogP contribution in [0, 0.1) is 5.92 Å². The molecule has 1 N–H and O–H groups in total. The number of methoxy groups -OCH3 is 1. The number of hydrogen-bond acceptors (Lipinski definition) is 2. The third-order valence-corrected chi connectivity index (χ3v) is 4.06. The van der Waals surface area contributed by atoms with Crippen LogP contribution in [0.25, 0.3) is 0 Å². The molecule has 1 aliphatic rings. The number of ether oxygens (including phenoxy) is 1. The quantitative estimate of drug-likeness (QED) is 0.723. The number of rotatable bonds is 1.